The molecule has 2 aliphatic heterocycles. The van der Waals surface area contributed by atoms with Gasteiger partial charge < -0.3 is 29.6 Å². The normalized spacial score (nSPS) is 17.6. The lowest BCUT2D eigenvalue weighted by atomic mass is 10.1. The number of nitrogens with one attached hydrogen (secondary N) is 2. The summed E-state index contributed by atoms with van der Waals surface area (Å²) in [5.41, 5.74) is 5.15. The van der Waals surface area contributed by atoms with Gasteiger partial charge in [0.05, 0.1) is 12.8 Å². The largest absolute Gasteiger partial charge is 0.354 e. The number of nitrogens with zero attached hydrogens (tertiary/aromatic N) is 4. The number of aryl methyl sites for hydroxylation is 2. The van der Waals surface area contributed by atoms with Crippen LogP contribution in [0.25, 0.3) is 12.2 Å². The average molecular weight is 647 g/mol. The molecule has 2 aromatic carbocycles. The third kappa shape index (κ3) is 7.60. The van der Waals surface area contributed by atoms with Gasteiger partial charge in [-0.2, -0.15) is 0 Å². The second kappa shape index (κ2) is 14.6. The van der Waals surface area contributed by atoms with Crippen LogP contribution in [-0.4, -0.2) is 67.7 Å². The molecule has 0 radical (unpaired) electrons. The maximum atomic E-state index is 13.1. The Morgan fingerprint density at radius 2 is 1.02 bits per heavy atom. The van der Waals surface area contributed by atoms with Gasteiger partial charge in [-0.1, -0.05) is 36.4 Å². The topological polar surface area (TPSA) is 109 Å². The number of carbonyl (C=O) groups excluding carboxylic acids is 4. The Hall–Kier alpha value is -5.38. The van der Waals surface area contributed by atoms with Crippen molar-refractivity contribution in [1.29, 1.82) is 0 Å². The van der Waals surface area contributed by atoms with Crippen molar-refractivity contribution in [3.63, 3.8) is 0 Å². The fraction of sp³-hybridized carbons (Fsp3) is 0.316. The molecule has 0 spiro atoms. The van der Waals surface area contributed by atoms with Crippen LogP contribution < -0.4 is 10.6 Å². The summed E-state index contributed by atoms with van der Waals surface area (Å²) in [7, 11) is 3.83. The Morgan fingerprint density at radius 1 is 0.625 bits per heavy atom. The SMILES string of the molecule is Cn1cccc1CC(=O)N1CCC[C@@H]1C(=O)Nc1ccc(/C=C/c2ccc(NC(=O)[C@H]3CCCN3C(=O)Cc3cccn3C)cc2)cc1. The molecule has 248 valence electrons. The summed E-state index contributed by atoms with van der Waals surface area (Å²) < 4.78 is 3.86. The first-order valence-electron chi connectivity index (χ1n) is 16.5. The van der Waals surface area contributed by atoms with E-state index < -0.39 is 12.1 Å². The van der Waals surface area contributed by atoms with Crippen LogP contribution in [0.15, 0.2) is 85.2 Å². The highest BCUT2D eigenvalue weighted by atomic mass is 16.2. The van der Waals surface area contributed by atoms with Gasteiger partial charge in [0.2, 0.25) is 23.6 Å². The van der Waals surface area contributed by atoms with Crippen molar-refractivity contribution in [3.8, 4) is 0 Å². The van der Waals surface area contributed by atoms with Crippen LogP contribution >= 0.6 is 0 Å². The number of carbonyl (C=O) groups is 4. The summed E-state index contributed by atoms with van der Waals surface area (Å²) in [6, 6.07) is 21.9. The van der Waals surface area contributed by atoms with Gasteiger partial charge in [0.1, 0.15) is 12.1 Å². The first kappa shape index (κ1) is 32.6. The van der Waals surface area contributed by atoms with E-state index in [0.29, 0.717) is 37.3 Å². The summed E-state index contributed by atoms with van der Waals surface area (Å²) >= 11 is 0. The Labute approximate surface area is 281 Å². The Balaban J connectivity index is 0.988. The fourth-order valence-corrected chi connectivity index (χ4v) is 6.55. The van der Waals surface area contributed by atoms with E-state index in [1.807, 2.05) is 121 Å². The molecule has 2 saturated heterocycles. The van der Waals surface area contributed by atoms with E-state index >= 15 is 0 Å². The molecule has 10 nitrogen and oxygen atoms in total. The number of benzene rings is 2. The van der Waals surface area contributed by atoms with Crippen LogP contribution in [0.4, 0.5) is 11.4 Å². The van der Waals surface area contributed by atoms with E-state index in [1.165, 1.54) is 0 Å². The minimum Gasteiger partial charge on any atom is -0.354 e. The predicted molar refractivity (Wildman–Crippen MR) is 187 cm³/mol. The van der Waals surface area contributed by atoms with Crippen LogP contribution in [0, 0.1) is 0 Å². The number of rotatable bonds is 10. The van der Waals surface area contributed by atoms with Crippen LogP contribution in [-0.2, 0) is 46.1 Å². The van der Waals surface area contributed by atoms with Crippen LogP contribution in [0.2, 0.25) is 0 Å². The molecule has 0 bridgehead atoms. The quantitative estimate of drug-likeness (QED) is 0.240. The molecule has 6 rings (SSSR count). The molecular formula is C38H42N6O4. The summed E-state index contributed by atoms with van der Waals surface area (Å²) in [4.78, 5) is 55.6. The average Bonchev–Trinajstić information content (AvgIpc) is 3.91. The van der Waals surface area contributed by atoms with Crippen molar-refractivity contribution >= 4 is 47.2 Å². The van der Waals surface area contributed by atoms with E-state index in [1.54, 1.807) is 9.80 Å². The molecule has 0 aliphatic carbocycles. The number of hydrogen-bond donors (Lipinski definition) is 2. The highest BCUT2D eigenvalue weighted by Gasteiger charge is 2.35. The molecule has 4 amide bonds. The maximum Gasteiger partial charge on any atom is 0.247 e. The first-order valence-corrected chi connectivity index (χ1v) is 16.5. The number of hydrogen-bond acceptors (Lipinski definition) is 4. The van der Waals surface area contributed by atoms with E-state index in [2.05, 4.69) is 10.6 Å². The third-order valence-corrected chi connectivity index (χ3v) is 9.34. The van der Waals surface area contributed by atoms with Gasteiger partial charge >= 0.3 is 0 Å². The lowest BCUT2D eigenvalue weighted by Crippen LogP contribution is -2.44. The molecule has 10 heteroatoms. The van der Waals surface area contributed by atoms with E-state index in [9.17, 15) is 19.2 Å². The number of aromatic nitrogens is 2. The molecular weight excluding hydrogens is 604 g/mol. The standard InChI is InChI=1S/C38H42N6O4/c1-41-21-3-7-31(41)25-35(45)43-23-5-9-33(43)37(47)39-29-17-13-27(14-18-29)11-12-28-15-19-30(20-16-28)40-38(48)34-10-6-24-44(34)36(46)26-32-8-4-22-42(32)2/h3-4,7-8,11-22,33-34H,5-6,9-10,23-26H2,1-2H3,(H,39,47)(H,40,48)/b12-11+/t33-,34-/m1/s1. The zero-order valence-electron chi connectivity index (χ0n) is 27.5. The van der Waals surface area contributed by atoms with Crippen LogP contribution in [0.3, 0.4) is 0 Å². The lowest BCUT2D eigenvalue weighted by molar-refractivity contribution is -0.136. The smallest absolute Gasteiger partial charge is 0.247 e. The van der Waals surface area contributed by atoms with Gasteiger partial charge in [0.15, 0.2) is 0 Å². The van der Waals surface area contributed by atoms with Crippen molar-refractivity contribution in [2.75, 3.05) is 23.7 Å². The molecule has 48 heavy (non-hydrogen) atoms. The van der Waals surface area contributed by atoms with Gasteiger partial charge in [-0.05, 0) is 85.3 Å². The molecule has 2 fully saturated rings. The molecule has 0 unspecified atom stereocenters. The second-order valence-electron chi connectivity index (χ2n) is 12.6. The summed E-state index contributed by atoms with van der Waals surface area (Å²) in [5.74, 6) is -0.390. The zero-order chi connectivity index (χ0) is 33.6. The van der Waals surface area contributed by atoms with E-state index in [0.717, 1.165) is 35.4 Å². The fourth-order valence-electron chi connectivity index (χ4n) is 6.55. The highest BCUT2D eigenvalue weighted by Crippen LogP contribution is 2.23. The minimum atomic E-state index is -0.468. The summed E-state index contributed by atoms with van der Waals surface area (Å²) in [6.45, 7) is 1.18. The summed E-state index contributed by atoms with van der Waals surface area (Å²) in [5, 5.41) is 5.97. The first-order chi connectivity index (χ1) is 23.2. The van der Waals surface area contributed by atoms with Gasteiger partial charge in [-0.15, -0.1) is 0 Å². The van der Waals surface area contributed by atoms with Gasteiger partial charge in [-0.25, -0.2) is 0 Å². The predicted octanol–water partition coefficient (Wildman–Crippen LogP) is 4.88. The molecule has 4 heterocycles. The molecule has 0 saturated carbocycles. The van der Waals surface area contributed by atoms with Crippen LogP contribution in [0.5, 0.6) is 0 Å². The van der Waals surface area contributed by atoms with Gasteiger partial charge in [0, 0.05) is 62.3 Å². The third-order valence-electron chi connectivity index (χ3n) is 9.34. The monoisotopic (exact) mass is 646 g/mol. The van der Waals surface area contributed by atoms with Crippen LogP contribution in [0.1, 0.15) is 48.2 Å². The molecule has 2 aliphatic rings. The van der Waals surface area contributed by atoms with Gasteiger partial charge in [-0.3, -0.25) is 19.2 Å². The number of amides is 4. The zero-order valence-corrected chi connectivity index (χ0v) is 27.5. The van der Waals surface area contributed by atoms with Crippen molar-refractivity contribution < 1.29 is 19.2 Å². The van der Waals surface area contributed by atoms with Crippen molar-refractivity contribution in [2.24, 2.45) is 14.1 Å². The van der Waals surface area contributed by atoms with E-state index in [-0.39, 0.29) is 36.5 Å². The number of likely N-dealkylation sites (tertiary alicyclic amines) is 2. The maximum absolute atomic E-state index is 13.1. The van der Waals surface area contributed by atoms with E-state index in [4.69, 9.17) is 0 Å². The Kier molecular flexibility index (Phi) is 9.89. The summed E-state index contributed by atoms with van der Waals surface area (Å²) in [6.07, 6.45) is 11.3. The van der Waals surface area contributed by atoms with Gasteiger partial charge in [0.25, 0.3) is 0 Å². The van der Waals surface area contributed by atoms with Crippen molar-refractivity contribution in [3.05, 3.63) is 108 Å². The molecule has 2 atom stereocenters. The lowest BCUT2D eigenvalue weighted by Gasteiger charge is -2.24. The molecule has 2 aromatic heterocycles. The highest BCUT2D eigenvalue weighted by molar-refractivity contribution is 5.98. The molecule has 2 N–H and O–H groups in total. The Bertz CT molecular complexity index is 1670. The van der Waals surface area contributed by atoms with Crippen molar-refractivity contribution in [1.82, 2.24) is 18.9 Å². The Morgan fingerprint density at radius 3 is 1.38 bits per heavy atom. The molecule has 4 aromatic rings. The second-order valence-corrected chi connectivity index (χ2v) is 12.6. The number of anilines is 2. The minimum absolute atomic E-state index is 0.0308. The van der Waals surface area contributed by atoms with Crippen molar-refractivity contribution in [2.45, 2.75) is 50.6 Å².